The molecular weight excluding hydrogens is 295 g/mol. The summed E-state index contributed by atoms with van der Waals surface area (Å²) in [5, 5.41) is 0. The second-order valence-corrected chi connectivity index (χ2v) is 7.33. The van der Waals surface area contributed by atoms with Crippen LogP contribution < -0.4 is 10.5 Å². The smallest absolute Gasteiger partial charge is 0.243 e. The Morgan fingerprint density at radius 3 is 2.33 bits per heavy atom. The van der Waals surface area contributed by atoms with E-state index in [2.05, 4.69) is 0 Å². The van der Waals surface area contributed by atoms with Gasteiger partial charge >= 0.3 is 0 Å². The van der Waals surface area contributed by atoms with Gasteiger partial charge in [0.15, 0.2) is 11.6 Å². The number of benzene rings is 1. The van der Waals surface area contributed by atoms with E-state index in [1.54, 1.807) is 0 Å². The molecule has 1 fully saturated rings. The number of hydrogen-bond acceptors (Lipinski definition) is 4. The molecule has 1 aromatic carbocycles. The Labute approximate surface area is 124 Å². The average molecular weight is 316 g/mol. The molecule has 0 amide bonds. The van der Waals surface area contributed by atoms with Gasteiger partial charge in [-0.1, -0.05) is 6.42 Å². The van der Waals surface area contributed by atoms with Crippen molar-refractivity contribution < 1.29 is 17.5 Å². The van der Waals surface area contributed by atoms with Crippen LogP contribution in [-0.4, -0.2) is 31.9 Å². The van der Waals surface area contributed by atoms with E-state index >= 15 is 0 Å². The van der Waals surface area contributed by atoms with Crippen LogP contribution in [0.25, 0.3) is 0 Å². The van der Waals surface area contributed by atoms with Crippen molar-refractivity contribution in [2.24, 2.45) is 0 Å². The maximum Gasteiger partial charge on any atom is 0.243 e. The van der Waals surface area contributed by atoms with Gasteiger partial charge in [0.2, 0.25) is 10.0 Å². The van der Waals surface area contributed by atoms with Gasteiger partial charge in [-0.25, -0.2) is 12.8 Å². The summed E-state index contributed by atoms with van der Waals surface area (Å²) in [7, 11) is -2.48. The van der Waals surface area contributed by atoms with Crippen LogP contribution in [0.4, 0.5) is 10.1 Å². The van der Waals surface area contributed by atoms with Gasteiger partial charge in [0.1, 0.15) is 0 Å². The zero-order chi connectivity index (χ0) is 15.8. The highest BCUT2D eigenvalue weighted by molar-refractivity contribution is 7.89. The molecule has 7 heteroatoms. The van der Waals surface area contributed by atoms with Crippen molar-refractivity contribution >= 4 is 15.7 Å². The predicted molar refractivity (Wildman–Crippen MR) is 79.2 cm³/mol. The summed E-state index contributed by atoms with van der Waals surface area (Å²) in [6, 6.07) is 2.01. The molecule has 0 aliphatic carbocycles. The van der Waals surface area contributed by atoms with Gasteiger partial charge < -0.3 is 10.5 Å². The molecule has 2 N–H and O–H groups in total. The monoisotopic (exact) mass is 316 g/mol. The molecule has 2 atom stereocenters. The largest absolute Gasteiger partial charge is 0.492 e. The zero-order valence-corrected chi connectivity index (χ0v) is 13.3. The summed E-state index contributed by atoms with van der Waals surface area (Å²) < 4.78 is 45.7. The third-order valence-corrected chi connectivity index (χ3v) is 6.04. The molecule has 1 saturated heterocycles. The van der Waals surface area contributed by atoms with Crippen LogP contribution in [-0.2, 0) is 10.0 Å². The molecule has 0 aromatic heterocycles. The van der Waals surface area contributed by atoms with Crippen LogP contribution in [0, 0.1) is 5.82 Å². The van der Waals surface area contributed by atoms with Crippen molar-refractivity contribution in [3.05, 3.63) is 17.9 Å². The van der Waals surface area contributed by atoms with Gasteiger partial charge in [0.05, 0.1) is 17.7 Å². The number of nitrogens with two attached hydrogens (primary N) is 1. The lowest BCUT2D eigenvalue weighted by atomic mass is 10.0. The van der Waals surface area contributed by atoms with E-state index in [0.29, 0.717) is 0 Å². The van der Waals surface area contributed by atoms with Crippen LogP contribution in [0.2, 0.25) is 0 Å². The van der Waals surface area contributed by atoms with Crippen LogP contribution >= 0.6 is 0 Å². The lowest BCUT2D eigenvalue weighted by Crippen LogP contribution is -2.47. The second-order valence-electron chi connectivity index (χ2n) is 5.49. The Bertz CT molecular complexity index is 600. The van der Waals surface area contributed by atoms with Crippen molar-refractivity contribution in [3.8, 4) is 5.75 Å². The number of methoxy groups -OCH3 is 1. The third-order valence-electron chi connectivity index (χ3n) is 3.94. The number of halogens is 1. The van der Waals surface area contributed by atoms with Crippen molar-refractivity contribution in [3.63, 3.8) is 0 Å². The van der Waals surface area contributed by atoms with Crippen LogP contribution in [0.1, 0.15) is 33.1 Å². The molecule has 0 saturated carbocycles. The predicted octanol–water partition coefficient (Wildman–Crippen LogP) is 2.37. The van der Waals surface area contributed by atoms with Crippen molar-refractivity contribution in [1.82, 2.24) is 4.31 Å². The van der Waals surface area contributed by atoms with Crippen molar-refractivity contribution in [2.75, 3.05) is 12.8 Å². The number of sulfonamides is 1. The minimum Gasteiger partial charge on any atom is -0.492 e. The third kappa shape index (κ3) is 2.85. The standard InChI is InChI=1S/C14H21FN2O3S/c1-9-5-4-6-10(2)17(9)21(18,19)11-7-12(15)14(20-3)13(16)8-11/h7-10H,4-6,16H2,1-3H3. The molecule has 2 unspecified atom stereocenters. The fourth-order valence-corrected chi connectivity index (χ4v) is 4.88. The molecule has 5 nitrogen and oxygen atoms in total. The van der Waals surface area contributed by atoms with E-state index in [1.165, 1.54) is 17.5 Å². The van der Waals surface area contributed by atoms with Crippen LogP contribution in [0.3, 0.4) is 0 Å². The van der Waals surface area contributed by atoms with E-state index in [0.717, 1.165) is 25.3 Å². The topological polar surface area (TPSA) is 72.6 Å². The van der Waals surface area contributed by atoms with Gasteiger partial charge in [-0.2, -0.15) is 4.31 Å². The molecule has 1 aromatic rings. The first-order valence-electron chi connectivity index (χ1n) is 6.95. The summed E-state index contributed by atoms with van der Waals surface area (Å²) in [6.45, 7) is 3.74. The number of ether oxygens (including phenoxy) is 1. The molecule has 118 valence electrons. The Morgan fingerprint density at radius 2 is 1.86 bits per heavy atom. The summed E-state index contributed by atoms with van der Waals surface area (Å²) in [4.78, 5) is -0.126. The number of hydrogen-bond donors (Lipinski definition) is 1. The normalized spacial score (nSPS) is 24.0. The molecule has 1 aliphatic rings. The van der Waals surface area contributed by atoms with E-state index in [4.69, 9.17) is 10.5 Å². The average Bonchev–Trinajstić information content (AvgIpc) is 2.37. The van der Waals surface area contributed by atoms with E-state index in [1.807, 2.05) is 13.8 Å². The first-order chi connectivity index (χ1) is 9.78. The van der Waals surface area contributed by atoms with Crippen molar-refractivity contribution in [2.45, 2.75) is 50.1 Å². The summed E-state index contributed by atoms with van der Waals surface area (Å²) >= 11 is 0. The quantitative estimate of drug-likeness (QED) is 0.869. The van der Waals surface area contributed by atoms with E-state index in [9.17, 15) is 12.8 Å². The number of anilines is 1. The van der Waals surface area contributed by atoms with Gasteiger partial charge in [-0.15, -0.1) is 0 Å². The lowest BCUT2D eigenvalue weighted by molar-refractivity contribution is 0.204. The minimum atomic E-state index is -3.77. The minimum absolute atomic E-state index is 0.0200. The highest BCUT2D eigenvalue weighted by Gasteiger charge is 2.36. The van der Waals surface area contributed by atoms with Crippen LogP contribution in [0.15, 0.2) is 17.0 Å². The second kappa shape index (κ2) is 5.81. The van der Waals surface area contributed by atoms with Crippen molar-refractivity contribution in [1.29, 1.82) is 0 Å². The Morgan fingerprint density at radius 1 is 1.29 bits per heavy atom. The Hall–Kier alpha value is -1.34. The SMILES string of the molecule is COc1c(N)cc(S(=O)(=O)N2C(C)CCCC2C)cc1F. The molecule has 1 heterocycles. The van der Waals surface area contributed by atoms with Gasteiger partial charge in [0, 0.05) is 12.1 Å². The van der Waals surface area contributed by atoms with Gasteiger partial charge in [-0.3, -0.25) is 0 Å². The van der Waals surface area contributed by atoms with Gasteiger partial charge in [0.25, 0.3) is 0 Å². The highest BCUT2D eigenvalue weighted by Crippen LogP contribution is 2.33. The summed E-state index contributed by atoms with van der Waals surface area (Å²) in [5.41, 5.74) is 5.66. The Balaban J connectivity index is 2.49. The van der Waals surface area contributed by atoms with E-state index in [-0.39, 0.29) is 28.4 Å². The van der Waals surface area contributed by atoms with E-state index < -0.39 is 15.8 Å². The Kier molecular flexibility index (Phi) is 4.43. The number of nitrogens with zero attached hydrogens (tertiary/aromatic N) is 1. The molecule has 0 bridgehead atoms. The first-order valence-corrected chi connectivity index (χ1v) is 8.39. The molecule has 2 rings (SSSR count). The van der Waals surface area contributed by atoms with Crippen LogP contribution in [0.5, 0.6) is 5.75 Å². The first kappa shape index (κ1) is 16.0. The zero-order valence-electron chi connectivity index (χ0n) is 12.5. The number of piperidine rings is 1. The summed E-state index contributed by atoms with van der Waals surface area (Å²) in [6.07, 6.45) is 2.60. The fraction of sp³-hybridized carbons (Fsp3) is 0.571. The highest BCUT2D eigenvalue weighted by atomic mass is 32.2. The number of nitrogen functional groups attached to an aromatic ring is 1. The molecule has 0 spiro atoms. The van der Waals surface area contributed by atoms with Gasteiger partial charge in [-0.05, 0) is 38.8 Å². The number of rotatable bonds is 3. The maximum absolute atomic E-state index is 13.9. The molecule has 21 heavy (non-hydrogen) atoms. The molecule has 0 radical (unpaired) electrons. The lowest BCUT2D eigenvalue weighted by Gasteiger charge is -2.37. The summed E-state index contributed by atoms with van der Waals surface area (Å²) in [5.74, 6) is -0.901. The molecular formula is C14H21FN2O3S. The maximum atomic E-state index is 13.9. The molecule has 1 aliphatic heterocycles. The fourth-order valence-electron chi connectivity index (χ4n) is 2.95.